The van der Waals surface area contributed by atoms with E-state index in [0.717, 1.165) is 38.3 Å². The molecule has 0 aliphatic heterocycles. The minimum atomic E-state index is 0.341. The smallest absolute Gasteiger partial charge is 0.137 e. The molecule has 19 heavy (non-hydrogen) atoms. The first-order chi connectivity index (χ1) is 9.24. The average Bonchev–Trinajstić information content (AvgIpc) is 2.47. The molecule has 1 atom stereocenters. The highest BCUT2D eigenvalue weighted by atomic mass is 16.5. The van der Waals surface area contributed by atoms with Crippen LogP contribution in [-0.2, 0) is 0 Å². The first-order valence-corrected chi connectivity index (χ1v) is 7.19. The third-order valence-corrected chi connectivity index (χ3v) is 3.45. The van der Waals surface area contributed by atoms with E-state index >= 15 is 0 Å². The van der Waals surface area contributed by atoms with E-state index in [2.05, 4.69) is 42.0 Å². The molecule has 1 aromatic rings. The number of ether oxygens (including phenoxy) is 1. The Morgan fingerprint density at radius 3 is 2.58 bits per heavy atom. The number of rotatable bonds is 9. The fraction of sp³-hybridized carbons (Fsp3) is 0.667. The van der Waals surface area contributed by atoms with E-state index in [1.54, 1.807) is 13.3 Å². The molecule has 108 valence electrons. The van der Waals surface area contributed by atoms with Gasteiger partial charge in [-0.3, -0.25) is 4.98 Å². The molecular weight excluding hydrogens is 238 g/mol. The highest BCUT2D eigenvalue weighted by Crippen LogP contribution is 2.20. The SMILES string of the molecule is CCNC(CCN(CC)CC)c1cncc(OC)c1. The summed E-state index contributed by atoms with van der Waals surface area (Å²) in [5.41, 5.74) is 1.20. The summed E-state index contributed by atoms with van der Waals surface area (Å²) in [4.78, 5) is 6.69. The summed E-state index contributed by atoms with van der Waals surface area (Å²) in [5.74, 6) is 0.822. The van der Waals surface area contributed by atoms with Gasteiger partial charge in [0.25, 0.3) is 0 Å². The number of pyridine rings is 1. The zero-order valence-electron chi connectivity index (χ0n) is 12.6. The van der Waals surface area contributed by atoms with Crippen LogP contribution in [0.25, 0.3) is 0 Å². The van der Waals surface area contributed by atoms with Crippen molar-refractivity contribution in [2.45, 2.75) is 33.2 Å². The van der Waals surface area contributed by atoms with E-state index < -0.39 is 0 Å². The average molecular weight is 265 g/mol. The maximum Gasteiger partial charge on any atom is 0.137 e. The second-order valence-corrected chi connectivity index (χ2v) is 4.58. The van der Waals surface area contributed by atoms with Gasteiger partial charge in [0.2, 0.25) is 0 Å². The summed E-state index contributed by atoms with van der Waals surface area (Å²) in [7, 11) is 1.68. The van der Waals surface area contributed by atoms with Gasteiger partial charge in [0.15, 0.2) is 0 Å². The van der Waals surface area contributed by atoms with Gasteiger partial charge < -0.3 is 15.0 Å². The molecule has 0 fully saturated rings. The molecule has 0 bridgehead atoms. The van der Waals surface area contributed by atoms with Gasteiger partial charge >= 0.3 is 0 Å². The second kappa shape index (κ2) is 8.88. The largest absolute Gasteiger partial charge is 0.495 e. The van der Waals surface area contributed by atoms with E-state index in [1.165, 1.54) is 5.56 Å². The van der Waals surface area contributed by atoms with Gasteiger partial charge in [-0.2, -0.15) is 0 Å². The second-order valence-electron chi connectivity index (χ2n) is 4.58. The standard InChI is InChI=1S/C15H27N3O/c1-5-17-15(8-9-18(6-2)7-3)13-10-14(19-4)12-16-11-13/h10-12,15,17H,5-9H2,1-4H3. The van der Waals surface area contributed by atoms with Crippen LogP contribution in [0.2, 0.25) is 0 Å². The van der Waals surface area contributed by atoms with Crippen molar-refractivity contribution in [2.75, 3.05) is 33.3 Å². The molecule has 1 heterocycles. The summed E-state index contributed by atoms with van der Waals surface area (Å²) >= 11 is 0. The van der Waals surface area contributed by atoms with Gasteiger partial charge in [0.05, 0.1) is 13.3 Å². The predicted octanol–water partition coefficient (Wildman–Crippen LogP) is 2.47. The van der Waals surface area contributed by atoms with Crippen LogP contribution in [0.3, 0.4) is 0 Å². The van der Waals surface area contributed by atoms with Crippen LogP contribution in [0.4, 0.5) is 0 Å². The molecule has 0 amide bonds. The number of nitrogens with one attached hydrogen (secondary N) is 1. The summed E-state index contributed by atoms with van der Waals surface area (Å²) in [5, 5.41) is 3.53. The van der Waals surface area contributed by atoms with Crippen LogP contribution < -0.4 is 10.1 Å². The zero-order chi connectivity index (χ0) is 14.1. The minimum Gasteiger partial charge on any atom is -0.495 e. The van der Waals surface area contributed by atoms with Crippen molar-refractivity contribution in [3.05, 3.63) is 24.0 Å². The van der Waals surface area contributed by atoms with Crippen LogP contribution in [0, 0.1) is 0 Å². The fourth-order valence-corrected chi connectivity index (χ4v) is 2.22. The topological polar surface area (TPSA) is 37.4 Å². The molecule has 1 aromatic heterocycles. The molecule has 0 aliphatic carbocycles. The minimum absolute atomic E-state index is 0.341. The van der Waals surface area contributed by atoms with E-state index in [0.29, 0.717) is 6.04 Å². The van der Waals surface area contributed by atoms with Crippen molar-refractivity contribution < 1.29 is 4.74 Å². The third-order valence-electron chi connectivity index (χ3n) is 3.45. The molecule has 0 saturated heterocycles. The van der Waals surface area contributed by atoms with E-state index in [-0.39, 0.29) is 0 Å². The molecule has 0 radical (unpaired) electrons. The first-order valence-electron chi connectivity index (χ1n) is 7.19. The molecule has 0 aromatic carbocycles. The molecular formula is C15H27N3O. The quantitative estimate of drug-likeness (QED) is 0.744. The monoisotopic (exact) mass is 265 g/mol. The maximum atomic E-state index is 5.25. The van der Waals surface area contributed by atoms with Gasteiger partial charge in [-0.05, 0) is 44.2 Å². The van der Waals surface area contributed by atoms with Gasteiger partial charge in [-0.25, -0.2) is 0 Å². The molecule has 0 aliphatic rings. The third kappa shape index (κ3) is 5.17. The molecule has 0 saturated carbocycles. The Bertz CT molecular complexity index is 353. The van der Waals surface area contributed by atoms with Crippen molar-refractivity contribution in [1.29, 1.82) is 0 Å². The highest BCUT2D eigenvalue weighted by Gasteiger charge is 2.12. The maximum absolute atomic E-state index is 5.25. The molecule has 4 nitrogen and oxygen atoms in total. The van der Waals surface area contributed by atoms with E-state index in [4.69, 9.17) is 4.74 Å². The predicted molar refractivity (Wildman–Crippen MR) is 79.6 cm³/mol. The lowest BCUT2D eigenvalue weighted by Crippen LogP contribution is -2.29. The van der Waals surface area contributed by atoms with Gasteiger partial charge in [0, 0.05) is 12.2 Å². The number of hydrogen-bond acceptors (Lipinski definition) is 4. The number of hydrogen-bond donors (Lipinski definition) is 1. The highest BCUT2D eigenvalue weighted by molar-refractivity contribution is 5.25. The molecule has 1 unspecified atom stereocenters. The van der Waals surface area contributed by atoms with Crippen LogP contribution in [0.15, 0.2) is 18.5 Å². The van der Waals surface area contributed by atoms with Crippen molar-refractivity contribution >= 4 is 0 Å². The number of methoxy groups -OCH3 is 1. The Morgan fingerprint density at radius 2 is 2.00 bits per heavy atom. The molecule has 4 heteroatoms. The van der Waals surface area contributed by atoms with E-state index in [9.17, 15) is 0 Å². The lowest BCUT2D eigenvalue weighted by atomic mass is 10.1. The van der Waals surface area contributed by atoms with Crippen molar-refractivity contribution in [3.8, 4) is 5.75 Å². The summed E-state index contributed by atoms with van der Waals surface area (Å²) in [6, 6.07) is 2.41. The van der Waals surface area contributed by atoms with Gasteiger partial charge in [0.1, 0.15) is 5.75 Å². The van der Waals surface area contributed by atoms with Crippen LogP contribution in [0.5, 0.6) is 5.75 Å². The van der Waals surface area contributed by atoms with Gasteiger partial charge in [-0.1, -0.05) is 20.8 Å². The number of nitrogens with zero attached hydrogens (tertiary/aromatic N) is 2. The van der Waals surface area contributed by atoms with Crippen molar-refractivity contribution in [1.82, 2.24) is 15.2 Å². The van der Waals surface area contributed by atoms with Gasteiger partial charge in [-0.15, -0.1) is 0 Å². The zero-order valence-corrected chi connectivity index (χ0v) is 12.6. The Balaban J connectivity index is 2.69. The molecule has 1 rings (SSSR count). The fourth-order valence-electron chi connectivity index (χ4n) is 2.22. The first kappa shape index (κ1) is 15.9. The summed E-state index contributed by atoms with van der Waals surface area (Å²) in [6.07, 6.45) is 4.76. The Labute approximate surface area is 117 Å². The summed E-state index contributed by atoms with van der Waals surface area (Å²) < 4.78 is 5.25. The van der Waals surface area contributed by atoms with Crippen molar-refractivity contribution in [3.63, 3.8) is 0 Å². The Kier molecular flexibility index (Phi) is 7.45. The van der Waals surface area contributed by atoms with Crippen molar-refractivity contribution in [2.24, 2.45) is 0 Å². The van der Waals surface area contributed by atoms with E-state index in [1.807, 2.05) is 6.20 Å². The van der Waals surface area contributed by atoms with Crippen LogP contribution in [-0.4, -0.2) is 43.2 Å². The lowest BCUT2D eigenvalue weighted by Gasteiger charge is -2.23. The normalized spacial score (nSPS) is 12.7. The molecule has 1 N–H and O–H groups in total. The number of aromatic nitrogens is 1. The Hall–Kier alpha value is -1.13. The summed E-state index contributed by atoms with van der Waals surface area (Å²) in [6.45, 7) is 10.8. The van der Waals surface area contributed by atoms with Crippen LogP contribution in [0.1, 0.15) is 38.8 Å². The van der Waals surface area contributed by atoms with Crippen LogP contribution >= 0.6 is 0 Å². The lowest BCUT2D eigenvalue weighted by molar-refractivity contribution is 0.282. The Morgan fingerprint density at radius 1 is 1.26 bits per heavy atom. The molecule has 0 spiro atoms.